The summed E-state index contributed by atoms with van der Waals surface area (Å²) in [7, 11) is 0. The molecule has 0 saturated carbocycles. The van der Waals surface area contributed by atoms with Crippen molar-refractivity contribution in [2.75, 3.05) is 19.6 Å². The molecule has 2 amide bonds. The number of β-amino-alcohol motifs (C(OH)–C–C–N with tert-alkyl or cyclic N) is 1. The van der Waals surface area contributed by atoms with E-state index in [0.717, 1.165) is 19.3 Å². The second-order valence-corrected chi connectivity index (χ2v) is 6.65. The molecule has 2 rings (SSSR count). The summed E-state index contributed by atoms with van der Waals surface area (Å²) < 4.78 is 0. The molecule has 0 radical (unpaired) electrons. The zero-order chi connectivity index (χ0) is 15.6. The molecule has 2 N–H and O–H groups in total. The highest BCUT2D eigenvalue weighted by Crippen LogP contribution is 2.28. The van der Waals surface area contributed by atoms with Crippen LogP contribution in [0.3, 0.4) is 0 Å². The van der Waals surface area contributed by atoms with Crippen LogP contribution in [0.2, 0.25) is 0 Å². The Morgan fingerprint density at radius 1 is 1.33 bits per heavy atom. The summed E-state index contributed by atoms with van der Waals surface area (Å²) in [5, 5.41) is 19.5. The molecule has 2 aliphatic heterocycles. The number of hydrogen-bond donors (Lipinski definition) is 2. The maximum absolute atomic E-state index is 12.6. The van der Waals surface area contributed by atoms with Crippen molar-refractivity contribution in [3.05, 3.63) is 0 Å². The summed E-state index contributed by atoms with van der Waals surface area (Å²) in [4.78, 5) is 27.2. The molecule has 0 spiro atoms. The highest BCUT2D eigenvalue weighted by molar-refractivity contribution is 5.83. The van der Waals surface area contributed by atoms with Crippen molar-refractivity contribution in [3.63, 3.8) is 0 Å². The number of likely N-dealkylation sites (tertiary alicyclic amines) is 2. The van der Waals surface area contributed by atoms with E-state index in [-0.39, 0.29) is 12.6 Å². The van der Waals surface area contributed by atoms with Gasteiger partial charge in [-0.3, -0.25) is 0 Å². The molecule has 3 unspecified atom stereocenters. The van der Waals surface area contributed by atoms with Gasteiger partial charge < -0.3 is 20.0 Å². The Labute approximate surface area is 125 Å². The minimum absolute atomic E-state index is 0.239. The fourth-order valence-corrected chi connectivity index (χ4v) is 3.44. The van der Waals surface area contributed by atoms with Crippen LogP contribution in [-0.4, -0.2) is 63.3 Å². The number of piperidine rings is 2. The second-order valence-electron chi connectivity index (χ2n) is 6.65. The van der Waals surface area contributed by atoms with Gasteiger partial charge in [0.1, 0.15) is 6.04 Å². The van der Waals surface area contributed by atoms with Gasteiger partial charge in [-0.1, -0.05) is 13.3 Å². The predicted molar refractivity (Wildman–Crippen MR) is 78.0 cm³/mol. The Morgan fingerprint density at radius 3 is 2.62 bits per heavy atom. The van der Waals surface area contributed by atoms with Crippen LogP contribution in [0.1, 0.15) is 46.0 Å². The Morgan fingerprint density at radius 2 is 2.05 bits per heavy atom. The van der Waals surface area contributed by atoms with Gasteiger partial charge in [0.2, 0.25) is 0 Å². The van der Waals surface area contributed by atoms with Crippen LogP contribution in [-0.2, 0) is 4.79 Å². The summed E-state index contributed by atoms with van der Waals surface area (Å²) in [6, 6.07) is -0.972. The summed E-state index contributed by atoms with van der Waals surface area (Å²) in [6.07, 6.45) is 3.77. The second kappa shape index (κ2) is 6.22. The van der Waals surface area contributed by atoms with E-state index in [1.165, 1.54) is 4.90 Å². The molecule has 2 saturated heterocycles. The number of hydrogen-bond acceptors (Lipinski definition) is 3. The Balaban J connectivity index is 2.08. The van der Waals surface area contributed by atoms with Gasteiger partial charge in [0.15, 0.2) is 0 Å². The molecular weight excluding hydrogens is 272 g/mol. The number of carbonyl (C=O) groups excluding carboxylic acids is 1. The molecular formula is C15H26N2O4. The van der Waals surface area contributed by atoms with Crippen molar-refractivity contribution >= 4 is 12.0 Å². The number of rotatable bonds is 2. The maximum atomic E-state index is 12.6. The van der Waals surface area contributed by atoms with E-state index in [1.807, 2.05) is 0 Å². The summed E-state index contributed by atoms with van der Waals surface area (Å²) >= 11 is 0. The molecule has 6 heteroatoms. The third-order valence-corrected chi connectivity index (χ3v) is 4.76. The predicted octanol–water partition coefficient (Wildman–Crippen LogP) is 1.53. The Hall–Kier alpha value is -1.30. The van der Waals surface area contributed by atoms with E-state index in [0.29, 0.717) is 31.8 Å². The van der Waals surface area contributed by atoms with E-state index in [4.69, 9.17) is 0 Å². The Kier molecular flexibility index (Phi) is 4.76. The van der Waals surface area contributed by atoms with Crippen LogP contribution in [0.25, 0.3) is 0 Å². The smallest absolute Gasteiger partial charge is 0.326 e. The van der Waals surface area contributed by atoms with Gasteiger partial charge in [0, 0.05) is 13.1 Å². The highest BCUT2D eigenvalue weighted by atomic mass is 16.4. The highest BCUT2D eigenvalue weighted by Gasteiger charge is 2.39. The molecule has 3 atom stereocenters. The molecule has 2 heterocycles. The van der Waals surface area contributed by atoms with Gasteiger partial charge >= 0.3 is 12.0 Å². The third-order valence-electron chi connectivity index (χ3n) is 4.76. The quantitative estimate of drug-likeness (QED) is 0.810. The first-order chi connectivity index (χ1) is 9.84. The first-order valence-corrected chi connectivity index (χ1v) is 7.85. The lowest BCUT2D eigenvalue weighted by molar-refractivity contribution is -0.144. The fourth-order valence-electron chi connectivity index (χ4n) is 3.44. The molecule has 0 aromatic heterocycles. The topological polar surface area (TPSA) is 81.1 Å². The number of carboxylic acids is 1. The normalized spacial score (nSPS) is 33.9. The number of carbonyl (C=O) groups is 2. The molecule has 2 aliphatic rings. The molecule has 2 fully saturated rings. The standard InChI is InChI=1S/C15H26N2O4/c1-3-11-5-8-17(12(9-11)13(18)19)14(20)16-7-4-6-15(2,21)10-16/h11-12,21H,3-10H2,1-2H3,(H,18,19). The zero-order valence-corrected chi connectivity index (χ0v) is 12.9. The van der Waals surface area contributed by atoms with E-state index in [9.17, 15) is 19.8 Å². The van der Waals surface area contributed by atoms with Gasteiger partial charge in [-0.15, -0.1) is 0 Å². The monoisotopic (exact) mass is 298 g/mol. The molecule has 0 aliphatic carbocycles. The number of urea groups is 1. The van der Waals surface area contributed by atoms with Crippen LogP contribution in [0.15, 0.2) is 0 Å². The molecule has 0 bridgehead atoms. The lowest BCUT2D eigenvalue weighted by Gasteiger charge is -2.43. The first kappa shape index (κ1) is 16.1. The number of carboxylic acid groups (broad SMARTS) is 1. The molecule has 120 valence electrons. The maximum Gasteiger partial charge on any atom is 0.326 e. The molecule has 0 aromatic carbocycles. The van der Waals surface area contributed by atoms with Crippen LogP contribution >= 0.6 is 0 Å². The largest absolute Gasteiger partial charge is 0.480 e. The van der Waals surface area contributed by atoms with Gasteiger partial charge in [-0.2, -0.15) is 0 Å². The fraction of sp³-hybridized carbons (Fsp3) is 0.867. The summed E-state index contributed by atoms with van der Waals surface area (Å²) in [5.41, 5.74) is -0.867. The summed E-state index contributed by atoms with van der Waals surface area (Å²) in [6.45, 7) is 5.15. The molecule has 6 nitrogen and oxygen atoms in total. The third kappa shape index (κ3) is 3.67. The van der Waals surface area contributed by atoms with E-state index >= 15 is 0 Å². The van der Waals surface area contributed by atoms with Crippen LogP contribution < -0.4 is 0 Å². The van der Waals surface area contributed by atoms with E-state index < -0.39 is 17.6 Å². The van der Waals surface area contributed by atoms with Crippen LogP contribution in [0.5, 0.6) is 0 Å². The van der Waals surface area contributed by atoms with E-state index in [2.05, 4.69) is 6.92 Å². The van der Waals surface area contributed by atoms with Crippen LogP contribution in [0, 0.1) is 5.92 Å². The van der Waals surface area contributed by atoms with Crippen molar-refractivity contribution in [2.45, 2.75) is 57.6 Å². The average molecular weight is 298 g/mol. The van der Waals surface area contributed by atoms with Crippen molar-refractivity contribution in [1.29, 1.82) is 0 Å². The number of nitrogens with zero attached hydrogens (tertiary/aromatic N) is 2. The lowest BCUT2D eigenvalue weighted by atomic mass is 9.89. The number of amides is 2. The van der Waals surface area contributed by atoms with Gasteiger partial charge in [0.25, 0.3) is 0 Å². The van der Waals surface area contributed by atoms with E-state index in [1.54, 1.807) is 11.8 Å². The first-order valence-electron chi connectivity index (χ1n) is 7.85. The van der Waals surface area contributed by atoms with Gasteiger partial charge in [0.05, 0.1) is 12.1 Å². The van der Waals surface area contributed by atoms with Crippen molar-refractivity contribution < 1.29 is 19.8 Å². The number of aliphatic hydroxyl groups is 1. The van der Waals surface area contributed by atoms with Crippen molar-refractivity contribution in [3.8, 4) is 0 Å². The lowest BCUT2D eigenvalue weighted by Crippen LogP contribution is -2.58. The minimum atomic E-state index is -0.926. The van der Waals surface area contributed by atoms with Gasteiger partial charge in [-0.05, 0) is 38.5 Å². The van der Waals surface area contributed by atoms with Crippen molar-refractivity contribution in [2.24, 2.45) is 5.92 Å². The molecule has 0 aromatic rings. The zero-order valence-electron chi connectivity index (χ0n) is 12.9. The molecule has 21 heavy (non-hydrogen) atoms. The minimum Gasteiger partial charge on any atom is -0.480 e. The van der Waals surface area contributed by atoms with Crippen LogP contribution in [0.4, 0.5) is 4.79 Å². The Bertz CT molecular complexity index is 410. The average Bonchev–Trinajstić information content (AvgIpc) is 2.44. The van der Waals surface area contributed by atoms with Gasteiger partial charge in [-0.25, -0.2) is 9.59 Å². The summed E-state index contributed by atoms with van der Waals surface area (Å²) in [5.74, 6) is -0.551. The SMILES string of the molecule is CCC1CCN(C(=O)N2CCCC(C)(O)C2)C(C(=O)O)C1. The number of aliphatic carboxylic acids is 1. The van der Waals surface area contributed by atoms with Crippen molar-refractivity contribution in [1.82, 2.24) is 9.80 Å².